The molecule has 2 aromatic rings. The summed E-state index contributed by atoms with van der Waals surface area (Å²) in [6.45, 7) is 4.12. The van der Waals surface area contributed by atoms with Gasteiger partial charge in [-0.15, -0.1) is 0 Å². The van der Waals surface area contributed by atoms with Crippen LogP contribution in [0.1, 0.15) is 23.6 Å². The second-order valence-corrected chi connectivity index (χ2v) is 8.08. The summed E-state index contributed by atoms with van der Waals surface area (Å²) in [6, 6.07) is 11.5. The van der Waals surface area contributed by atoms with Crippen molar-refractivity contribution in [1.82, 2.24) is 9.80 Å². The van der Waals surface area contributed by atoms with Crippen LogP contribution in [0.4, 0.5) is 4.39 Å². The van der Waals surface area contributed by atoms with Gasteiger partial charge in [-0.2, -0.15) is 0 Å². The zero-order valence-electron chi connectivity index (χ0n) is 18.5. The van der Waals surface area contributed by atoms with Crippen LogP contribution in [0.15, 0.2) is 54.1 Å². The molecule has 7 nitrogen and oxygen atoms in total. The molecule has 1 amide bonds. The molecule has 2 aliphatic rings. The molecule has 2 aromatic carbocycles. The largest absolute Gasteiger partial charge is 0.507 e. The highest BCUT2D eigenvalue weighted by Crippen LogP contribution is 2.39. The Morgan fingerprint density at radius 2 is 1.85 bits per heavy atom. The van der Waals surface area contributed by atoms with Gasteiger partial charge in [0, 0.05) is 31.7 Å². The van der Waals surface area contributed by atoms with Gasteiger partial charge in [-0.25, -0.2) is 4.39 Å². The number of Topliss-reactive ketones (excluding diaryl/α,β-unsaturated/α-hetero) is 1. The number of amides is 1. The van der Waals surface area contributed by atoms with Crippen LogP contribution in [0.2, 0.25) is 0 Å². The number of aliphatic hydroxyl groups is 1. The lowest BCUT2D eigenvalue weighted by atomic mass is 9.95. The summed E-state index contributed by atoms with van der Waals surface area (Å²) < 4.78 is 24.2. The minimum Gasteiger partial charge on any atom is -0.507 e. The molecule has 0 spiro atoms. The van der Waals surface area contributed by atoms with E-state index in [2.05, 4.69) is 4.90 Å². The van der Waals surface area contributed by atoms with Crippen LogP contribution < -0.4 is 4.74 Å². The number of aliphatic hydroxyl groups excluding tert-OH is 1. The lowest BCUT2D eigenvalue weighted by molar-refractivity contribution is -0.140. The quantitative estimate of drug-likeness (QED) is 0.394. The Morgan fingerprint density at radius 3 is 2.55 bits per heavy atom. The fraction of sp³-hybridized carbons (Fsp3) is 0.360. The van der Waals surface area contributed by atoms with Crippen molar-refractivity contribution in [2.24, 2.45) is 0 Å². The number of methoxy groups -OCH3 is 1. The van der Waals surface area contributed by atoms with Gasteiger partial charge < -0.3 is 19.5 Å². The number of rotatable bonds is 7. The molecular weight excluding hydrogens is 427 g/mol. The zero-order chi connectivity index (χ0) is 23.4. The number of carbonyl (C=O) groups is 2. The molecule has 2 fully saturated rings. The van der Waals surface area contributed by atoms with Crippen LogP contribution in [-0.4, -0.2) is 73.1 Å². The number of benzene rings is 2. The first-order valence-electron chi connectivity index (χ1n) is 11.0. The molecule has 2 saturated heterocycles. The highest BCUT2D eigenvalue weighted by molar-refractivity contribution is 6.46. The van der Waals surface area contributed by atoms with Crippen molar-refractivity contribution in [2.45, 2.75) is 12.5 Å². The maximum Gasteiger partial charge on any atom is 0.295 e. The van der Waals surface area contributed by atoms with E-state index in [1.807, 2.05) is 0 Å². The predicted octanol–water partition coefficient (Wildman–Crippen LogP) is 2.98. The van der Waals surface area contributed by atoms with Crippen molar-refractivity contribution in [3.8, 4) is 5.75 Å². The molecule has 2 aliphatic heterocycles. The molecule has 0 radical (unpaired) electrons. The summed E-state index contributed by atoms with van der Waals surface area (Å²) >= 11 is 0. The smallest absolute Gasteiger partial charge is 0.295 e. The number of halogens is 1. The highest BCUT2D eigenvalue weighted by atomic mass is 19.1. The molecule has 0 saturated carbocycles. The van der Waals surface area contributed by atoms with Crippen LogP contribution in [0.3, 0.4) is 0 Å². The van der Waals surface area contributed by atoms with Crippen LogP contribution in [0, 0.1) is 5.82 Å². The van der Waals surface area contributed by atoms with Crippen LogP contribution in [0.25, 0.3) is 5.76 Å². The lowest BCUT2D eigenvalue weighted by Crippen LogP contribution is -2.38. The van der Waals surface area contributed by atoms with Crippen LogP contribution in [-0.2, 0) is 14.3 Å². The van der Waals surface area contributed by atoms with E-state index >= 15 is 0 Å². The molecule has 1 N–H and O–H groups in total. The van der Waals surface area contributed by atoms with Gasteiger partial charge in [0.05, 0.1) is 31.9 Å². The zero-order valence-corrected chi connectivity index (χ0v) is 18.5. The SMILES string of the molecule is COc1cccc(/C(O)=C2\C(=O)C(=O)N(CCCN3CCOCC3)[C@@H]2c2ccc(F)cc2)c1. The van der Waals surface area contributed by atoms with Gasteiger partial charge in [-0.05, 0) is 36.2 Å². The molecule has 0 aliphatic carbocycles. The van der Waals surface area contributed by atoms with E-state index in [1.165, 1.54) is 24.1 Å². The Hall–Kier alpha value is -3.23. The number of morpholine rings is 1. The number of ether oxygens (including phenoxy) is 2. The Kier molecular flexibility index (Phi) is 7.05. The standard InChI is InChI=1S/C25H27FN2O5/c1-32-20-5-2-4-18(16-20)23(29)21-22(17-6-8-19(26)9-7-17)28(25(31)24(21)30)11-3-10-27-12-14-33-15-13-27/h2,4-9,16,22,29H,3,10-15H2,1H3/b23-21+/t22-/m1/s1. The van der Waals surface area contributed by atoms with Gasteiger partial charge in [0.25, 0.3) is 11.7 Å². The molecule has 1 atom stereocenters. The summed E-state index contributed by atoms with van der Waals surface area (Å²) in [7, 11) is 1.51. The second kappa shape index (κ2) is 10.1. The van der Waals surface area contributed by atoms with Gasteiger partial charge in [-0.3, -0.25) is 14.5 Å². The third-order valence-electron chi connectivity index (χ3n) is 6.05. The molecule has 0 bridgehead atoms. The number of hydrogen-bond donors (Lipinski definition) is 1. The molecule has 0 unspecified atom stereocenters. The van der Waals surface area contributed by atoms with Crippen molar-refractivity contribution in [2.75, 3.05) is 46.5 Å². The van der Waals surface area contributed by atoms with Gasteiger partial charge in [0.1, 0.15) is 17.3 Å². The topological polar surface area (TPSA) is 79.3 Å². The second-order valence-electron chi connectivity index (χ2n) is 8.08. The van der Waals surface area contributed by atoms with E-state index in [0.717, 1.165) is 19.6 Å². The molecule has 33 heavy (non-hydrogen) atoms. The Labute approximate surface area is 192 Å². The first kappa shape index (κ1) is 22.9. The maximum absolute atomic E-state index is 13.6. The van der Waals surface area contributed by atoms with E-state index in [4.69, 9.17) is 9.47 Å². The average molecular weight is 454 g/mol. The molecule has 0 aromatic heterocycles. The van der Waals surface area contributed by atoms with Gasteiger partial charge in [0.15, 0.2) is 0 Å². The van der Waals surface area contributed by atoms with E-state index in [9.17, 15) is 19.1 Å². The normalized spacial score (nSPS) is 20.9. The predicted molar refractivity (Wildman–Crippen MR) is 120 cm³/mol. The lowest BCUT2D eigenvalue weighted by Gasteiger charge is -2.29. The summed E-state index contributed by atoms with van der Waals surface area (Å²) in [5.41, 5.74) is 0.922. The van der Waals surface area contributed by atoms with Crippen molar-refractivity contribution in [3.63, 3.8) is 0 Å². The Balaban J connectivity index is 1.67. The third kappa shape index (κ3) is 4.91. The fourth-order valence-electron chi connectivity index (χ4n) is 4.32. The van der Waals surface area contributed by atoms with Crippen molar-refractivity contribution < 1.29 is 28.6 Å². The van der Waals surface area contributed by atoms with Gasteiger partial charge in [-0.1, -0.05) is 24.3 Å². The average Bonchev–Trinajstić information content (AvgIpc) is 3.10. The third-order valence-corrected chi connectivity index (χ3v) is 6.05. The number of ketones is 1. The van der Waals surface area contributed by atoms with Crippen molar-refractivity contribution >= 4 is 17.4 Å². The van der Waals surface area contributed by atoms with Crippen LogP contribution in [0.5, 0.6) is 5.75 Å². The maximum atomic E-state index is 13.6. The van der Waals surface area contributed by atoms with E-state index < -0.39 is 23.5 Å². The first-order valence-corrected chi connectivity index (χ1v) is 11.0. The number of nitrogens with zero attached hydrogens (tertiary/aromatic N) is 2. The number of likely N-dealkylation sites (tertiary alicyclic amines) is 1. The monoisotopic (exact) mass is 454 g/mol. The van der Waals surface area contributed by atoms with Crippen molar-refractivity contribution in [1.29, 1.82) is 0 Å². The molecule has 8 heteroatoms. The molecule has 174 valence electrons. The van der Waals surface area contributed by atoms with Crippen LogP contribution >= 0.6 is 0 Å². The first-order chi connectivity index (χ1) is 16.0. The van der Waals surface area contributed by atoms with E-state index in [0.29, 0.717) is 43.1 Å². The molecular formula is C25H27FN2O5. The summed E-state index contributed by atoms with van der Waals surface area (Å²) in [4.78, 5) is 29.8. The molecule has 4 rings (SSSR count). The Bertz CT molecular complexity index is 1050. The van der Waals surface area contributed by atoms with Crippen molar-refractivity contribution in [3.05, 3.63) is 71.0 Å². The number of carbonyl (C=O) groups excluding carboxylic acids is 2. The fourth-order valence-corrected chi connectivity index (χ4v) is 4.32. The van der Waals surface area contributed by atoms with Gasteiger partial charge in [0.2, 0.25) is 0 Å². The van der Waals surface area contributed by atoms with E-state index in [-0.39, 0.29) is 11.3 Å². The summed E-state index contributed by atoms with van der Waals surface area (Å²) in [5.74, 6) is -1.61. The Morgan fingerprint density at radius 1 is 1.12 bits per heavy atom. The highest BCUT2D eigenvalue weighted by Gasteiger charge is 2.45. The van der Waals surface area contributed by atoms with E-state index in [1.54, 1.807) is 36.4 Å². The minimum atomic E-state index is -0.804. The molecule has 2 heterocycles. The summed E-state index contributed by atoms with van der Waals surface area (Å²) in [6.07, 6.45) is 0.657. The van der Waals surface area contributed by atoms with Gasteiger partial charge >= 0.3 is 0 Å². The summed E-state index contributed by atoms with van der Waals surface area (Å²) in [5, 5.41) is 11.1. The number of hydrogen-bond acceptors (Lipinski definition) is 6. The minimum absolute atomic E-state index is 0.00812.